The molecular formula is C18H19ClNOS2+. The molecule has 1 aliphatic heterocycles. The zero-order chi connectivity index (χ0) is 16.4. The molecule has 0 aliphatic carbocycles. The van der Waals surface area contributed by atoms with Gasteiger partial charge in [-0.05, 0) is 40.7 Å². The van der Waals surface area contributed by atoms with Crippen LogP contribution in [0, 0.1) is 0 Å². The standard InChI is InChI=1S/C18H19ClNOS2/c1-23(2)10-9-18(21)20-12-13-5-3-4-6-16(13)22-17-8-7-14(19)11-15(17)20/h3-8,11H,9-10,12H2,1-2H3/q+1. The fraction of sp³-hybridized carbons (Fsp3) is 0.278. The number of anilines is 1. The van der Waals surface area contributed by atoms with Crippen molar-refractivity contribution >= 4 is 45.9 Å². The molecule has 0 atom stereocenters. The largest absolute Gasteiger partial charge is 0.307 e. The Morgan fingerprint density at radius 3 is 2.78 bits per heavy atom. The Labute approximate surface area is 149 Å². The topological polar surface area (TPSA) is 20.3 Å². The van der Waals surface area contributed by atoms with Crippen molar-refractivity contribution in [3.05, 3.63) is 53.1 Å². The van der Waals surface area contributed by atoms with Crippen molar-refractivity contribution in [3.8, 4) is 0 Å². The van der Waals surface area contributed by atoms with Crippen molar-refractivity contribution in [1.29, 1.82) is 0 Å². The summed E-state index contributed by atoms with van der Waals surface area (Å²) in [4.78, 5) is 17.0. The smallest absolute Gasteiger partial charge is 0.232 e. The van der Waals surface area contributed by atoms with Gasteiger partial charge in [0.25, 0.3) is 0 Å². The first kappa shape index (κ1) is 16.7. The molecule has 0 fully saturated rings. The van der Waals surface area contributed by atoms with Crippen LogP contribution in [0.15, 0.2) is 52.3 Å². The zero-order valence-corrected chi connectivity index (χ0v) is 15.6. The Morgan fingerprint density at radius 1 is 1.22 bits per heavy atom. The summed E-state index contributed by atoms with van der Waals surface area (Å²) in [5.74, 6) is 1.10. The average Bonchev–Trinajstić information content (AvgIpc) is 2.69. The monoisotopic (exact) mass is 364 g/mol. The van der Waals surface area contributed by atoms with Crippen molar-refractivity contribution in [2.45, 2.75) is 22.8 Å². The Hall–Kier alpha value is -1.10. The third kappa shape index (κ3) is 3.87. The van der Waals surface area contributed by atoms with Crippen molar-refractivity contribution in [3.63, 3.8) is 0 Å². The fourth-order valence-electron chi connectivity index (χ4n) is 2.54. The fourth-order valence-corrected chi connectivity index (χ4v) is 4.35. The van der Waals surface area contributed by atoms with Gasteiger partial charge in [0.15, 0.2) is 0 Å². The van der Waals surface area contributed by atoms with Crippen LogP contribution in [0.1, 0.15) is 12.0 Å². The van der Waals surface area contributed by atoms with Crippen LogP contribution in [0.4, 0.5) is 5.69 Å². The quantitative estimate of drug-likeness (QED) is 0.741. The highest BCUT2D eigenvalue weighted by Crippen LogP contribution is 2.42. The van der Waals surface area contributed by atoms with Crippen molar-refractivity contribution in [2.75, 3.05) is 23.2 Å². The summed E-state index contributed by atoms with van der Waals surface area (Å²) in [6.07, 6.45) is 4.92. The summed E-state index contributed by atoms with van der Waals surface area (Å²) >= 11 is 7.90. The summed E-state index contributed by atoms with van der Waals surface area (Å²) in [5.41, 5.74) is 2.11. The van der Waals surface area contributed by atoms with E-state index < -0.39 is 0 Å². The molecule has 2 nitrogen and oxygen atoms in total. The number of amides is 1. The first-order valence-electron chi connectivity index (χ1n) is 7.44. The molecule has 120 valence electrons. The molecule has 0 N–H and O–H groups in total. The molecule has 0 spiro atoms. The third-order valence-corrected chi connectivity index (χ3v) is 6.20. The number of halogens is 1. The number of rotatable bonds is 3. The molecule has 3 rings (SSSR count). The van der Waals surface area contributed by atoms with E-state index in [0.717, 1.165) is 16.3 Å². The van der Waals surface area contributed by atoms with E-state index in [1.807, 2.05) is 35.2 Å². The Kier molecular flexibility index (Phi) is 5.24. The number of carbonyl (C=O) groups excluding carboxylic acids is 1. The summed E-state index contributed by atoms with van der Waals surface area (Å²) < 4.78 is 0. The molecule has 0 saturated heterocycles. The van der Waals surface area contributed by atoms with Crippen LogP contribution in [0.5, 0.6) is 0 Å². The molecule has 0 unspecified atom stereocenters. The predicted molar refractivity (Wildman–Crippen MR) is 102 cm³/mol. The van der Waals surface area contributed by atoms with Gasteiger partial charge in [0, 0.05) is 14.8 Å². The number of hydrogen-bond donors (Lipinski definition) is 0. The minimum atomic E-state index is 0.173. The second-order valence-corrected chi connectivity index (χ2v) is 9.64. The van der Waals surface area contributed by atoms with Crippen molar-refractivity contribution < 1.29 is 4.79 Å². The lowest BCUT2D eigenvalue weighted by Gasteiger charge is -2.23. The number of fused-ring (bicyclic) bond motifs is 2. The van der Waals surface area contributed by atoms with E-state index in [-0.39, 0.29) is 16.8 Å². The van der Waals surface area contributed by atoms with Crippen LogP contribution in [-0.2, 0) is 22.2 Å². The van der Waals surface area contributed by atoms with Crippen LogP contribution in [-0.4, -0.2) is 24.2 Å². The maximum atomic E-state index is 12.8. The lowest BCUT2D eigenvalue weighted by atomic mass is 10.2. The van der Waals surface area contributed by atoms with Gasteiger partial charge in [0.1, 0.15) is 5.75 Å². The molecule has 2 aromatic rings. The van der Waals surface area contributed by atoms with Gasteiger partial charge in [0.2, 0.25) is 5.91 Å². The number of hydrogen-bond acceptors (Lipinski definition) is 2. The van der Waals surface area contributed by atoms with Crippen LogP contribution >= 0.6 is 23.4 Å². The van der Waals surface area contributed by atoms with Gasteiger partial charge in [-0.25, -0.2) is 0 Å². The first-order valence-corrected chi connectivity index (χ1v) is 10.8. The van der Waals surface area contributed by atoms with Gasteiger partial charge in [-0.2, -0.15) is 0 Å². The second kappa shape index (κ2) is 7.20. The normalized spacial score (nSPS) is 13.5. The Morgan fingerprint density at radius 2 is 2.00 bits per heavy atom. The molecule has 5 heteroatoms. The number of benzene rings is 2. The summed E-state index contributed by atoms with van der Waals surface area (Å²) in [5, 5.41) is 0.666. The lowest BCUT2D eigenvalue weighted by Crippen LogP contribution is -2.31. The minimum Gasteiger partial charge on any atom is -0.307 e. The maximum Gasteiger partial charge on any atom is 0.232 e. The van der Waals surface area contributed by atoms with Gasteiger partial charge in [-0.3, -0.25) is 4.79 Å². The van der Waals surface area contributed by atoms with Crippen molar-refractivity contribution in [2.24, 2.45) is 0 Å². The summed E-state index contributed by atoms with van der Waals surface area (Å²) in [6.45, 7) is 0.608. The molecule has 1 amide bonds. The summed E-state index contributed by atoms with van der Waals surface area (Å²) in [7, 11) is 0.269. The van der Waals surface area contributed by atoms with E-state index in [4.69, 9.17) is 11.6 Å². The minimum absolute atomic E-state index is 0.173. The van der Waals surface area contributed by atoms with Gasteiger partial charge >= 0.3 is 0 Å². The van der Waals surface area contributed by atoms with E-state index in [9.17, 15) is 4.79 Å². The SMILES string of the molecule is C[S+](C)CCC(=O)N1Cc2ccccc2Sc2ccc(Cl)cc21. The van der Waals surface area contributed by atoms with Crippen LogP contribution < -0.4 is 4.90 Å². The molecule has 23 heavy (non-hydrogen) atoms. The van der Waals surface area contributed by atoms with Crippen molar-refractivity contribution in [1.82, 2.24) is 0 Å². The molecular weight excluding hydrogens is 346 g/mol. The first-order chi connectivity index (χ1) is 11.0. The van der Waals surface area contributed by atoms with Crippen LogP contribution in [0.2, 0.25) is 5.02 Å². The van der Waals surface area contributed by atoms with E-state index in [2.05, 4.69) is 24.6 Å². The van der Waals surface area contributed by atoms with E-state index in [0.29, 0.717) is 18.0 Å². The molecule has 0 saturated carbocycles. The zero-order valence-electron chi connectivity index (χ0n) is 13.2. The van der Waals surface area contributed by atoms with Gasteiger partial charge < -0.3 is 4.90 Å². The second-order valence-electron chi connectivity index (χ2n) is 5.74. The van der Waals surface area contributed by atoms with Gasteiger partial charge in [-0.1, -0.05) is 41.6 Å². The summed E-state index contributed by atoms with van der Waals surface area (Å²) in [6, 6.07) is 14.1. The predicted octanol–water partition coefficient (Wildman–Crippen LogP) is 4.61. The average molecular weight is 365 g/mol. The highest BCUT2D eigenvalue weighted by Gasteiger charge is 2.25. The van der Waals surface area contributed by atoms with E-state index >= 15 is 0 Å². The number of nitrogens with zero attached hydrogens (tertiary/aromatic N) is 1. The Balaban J connectivity index is 2.00. The maximum absolute atomic E-state index is 12.8. The molecule has 1 aliphatic rings. The van der Waals surface area contributed by atoms with E-state index in [1.165, 1.54) is 10.5 Å². The van der Waals surface area contributed by atoms with E-state index in [1.54, 1.807) is 11.8 Å². The van der Waals surface area contributed by atoms with Gasteiger partial charge in [-0.15, -0.1) is 0 Å². The Bertz CT molecular complexity index is 733. The van der Waals surface area contributed by atoms with Gasteiger partial charge in [0.05, 0.1) is 31.2 Å². The third-order valence-electron chi connectivity index (χ3n) is 3.76. The highest BCUT2D eigenvalue weighted by molar-refractivity contribution is 7.99. The highest BCUT2D eigenvalue weighted by atomic mass is 35.5. The molecule has 1 heterocycles. The number of carbonyl (C=O) groups is 1. The molecule has 0 aromatic heterocycles. The van der Waals surface area contributed by atoms with Crippen LogP contribution in [0.25, 0.3) is 0 Å². The lowest BCUT2D eigenvalue weighted by molar-refractivity contribution is -0.118. The molecule has 0 bridgehead atoms. The molecule has 0 radical (unpaired) electrons. The van der Waals surface area contributed by atoms with Crippen LogP contribution in [0.3, 0.4) is 0 Å². The molecule has 2 aromatic carbocycles.